The van der Waals surface area contributed by atoms with Crippen LogP contribution in [0.2, 0.25) is 5.02 Å². The average molecular weight is 345 g/mol. The third-order valence-electron chi connectivity index (χ3n) is 2.49. The minimum atomic E-state index is -0.360. The van der Waals surface area contributed by atoms with Gasteiger partial charge in [-0.05, 0) is 25.1 Å². The average Bonchev–Trinajstić information content (AvgIpc) is 2.84. The summed E-state index contributed by atoms with van der Waals surface area (Å²) in [4.78, 5) is 12.2. The van der Waals surface area contributed by atoms with Crippen LogP contribution in [0.3, 0.4) is 0 Å². The lowest BCUT2D eigenvalue weighted by Gasteiger charge is -2.13. The zero-order valence-corrected chi connectivity index (χ0v) is 13.7. The van der Waals surface area contributed by atoms with Crippen molar-refractivity contribution < 1.29 is 9.53 Å². The van der Waals surface area contributed by atoms with Crippen LogP contribution in [0, 0.1) is 0 Å². The van der Waals surface area contributed by atoms with Gasteiger partial charge in [0.1, 0.15) is 5.75 Å². The number of nitrogens with one attached hydrogen (secondary N) is 1. The molecule has 2 aromatic rings. The Hall–Kier alpha value is -1.51. The number of nitrogens with zero attached hydrogens (tertiary/aromatic N) is 2. The first-order valence-electron chi connectivity index (χ1n) is 5.89. The molecule has 112 valence electrons. The van der Waals surface area contributed by atoms with E-state index in [0.717, 1.165) is 0 Å². The van der Waals surface area contributed by atoms with Crippen LogP contribution < -0.4 is 15.8 Å². The van der Waals surface area contributed by atoms with E-state index < -0.39 is 0 Å². The molecule has 6 nitrogen and oxygen atoms in total. The van der Waals surface area contributed by atoms with E-state index in [0.29, 0.717) is 25.9 Å². The van der Waals surface area contributed by atoms with E-state index in [9.17, 15) is 4.79 Å². The van der Waals surface area contributed by atoms with Crippen molar-refractivity contribution >= 4 is 51.4 Å². The lowest BCUT2D eigenvalue weighted by atomic mass is 10.3. The zero-order chi connectivity index (χ0) is 15.4. The molecule has 0 unspecified atom stereocenters. The van der Waals surface area contributed by atoms with Crippen LogP contribution in [0.5, 0.6) is 5.75 Å². The van der Waals surface area contributed by atoms with Crippen LogP contribution in [-0.4, -0.2) is 28.5 Å². The molecule has 0 aliphatic heterocycles. The van der Waals surface area contributed by atoms with Gasteiger partial charge < -0.3 is 15.8 Å². The van der Waals surface area contributed by atoms with Crippen molar-refractivity contribution in [3.05, 3.63) is 23.2 Å². The monoisotopic (exact) mass is 344 g/mol. The fraction of sp³-hybridized carbons (Fsp3) is 0.250. The number of hydrogen-bond donors (Lipinski definition) is 2. The van der Waals surface area contributed by atoms with E-state index in [1.807, 2.05) is 0 Å². The van der Waals surface area contributed by atoms with Gasteiger partial charge in [0.05, 0.1) is 18.0 Å². The first kappa shape index (κ1) is 15.9. The van der Waals surface area contributed by atoms with Crippen LogP contribution in [0.4, 0.5) is 10.8 Å². The van der Waals surface area contributed by atoms with Crippen molar-refractivity contribution in [1.29, 1.82) is 0 Å². The van der Waals surface area contributed by atoms with E-state index in [1.165, 1.54) is 30.2 Å². The van der Waals surface area contributed by atoms with Crippen molar-refractivity contribution in [3.63, 3.8) is 0 Å². The zero-order valence-electron chi connectivity index (χ0n) is 11.3. The number of rotatable bonds is 5. The summed E-state index contributed by atoms with van der Waals surface area (Å²) >= 11 is 8.46. The predicted molar refractivity (Wildman–Crippen MR) is 86.3 cm³/mol. The van der Waals surface area contributed by atoms with Gasteiger partial charge in [-0.2, -0.15) is 0 Å². The number of nitrogen functional groups attached to an aromatic ring is 1. The van der Waals surface area contributed by atoms with Gasteiger partial charge in [-0.15, -0.1) is 10.2 Å². The van der Waals surface area contributed by atoms with E-state index in [-0.39, 0.29) is 11.2 Å². The number of thioether (sulfide) groups is 1. The largest absolute Gasteiger partial charge is 0.495 e. The Morgan fingerprint density at radius 1 is 1.52 bits per heavy atom. The molecule has 1 aromatic heterocycles. The number of methoxy groups -OCH3 is 1. The van der Waals surface area contributed by atoms with Crippen molar-refractivity contribution in [3.8, 4) is 5.75 Å². The van der Waals surface area contributed by atoms with Gasteiger partial charge in [0.25, 0.3) is 0 Å². The molecule has 2 rings (SSSR count). The molecule has 1 atom stereocenters. The number of ether oxygens (including phenoxy) is 1. The number of carbonyl (C=O) groups is 1. The molecule has 0 fully saturated rings. The Morgan fingerprint density at radius 3 is 2.90 bits per heavy atom. The molecule has 21 heavy (non-hydrogen) atoms. The summed E-state index contributed by atoms with van der Waals surface area (Å²) in [7, 11) is 1.53. The standard InChI is InChI=1S/C12H13ClN4O2S2/c1-6(20-12-17-16-11(14)21-12)10(18)15-8-5-7(13)3-4-9(8)19-2/h3-6H,1-2H3,(H2,14,16)(H,15,18)/t6-/m0/s1. The fourth-order valence-electron chi connectivity index (χ4n) is 1.49. The molecule has 0 radical (unpaired) electrons. The SMILES string of the molecule is COc1ccc(Cl)cc1NC(=O)[C@H](C)Sc1nnc(N)s1. The summed E-state index contributed by atoms with van der Waals surface area (Å²) in [5.74, 6) is 0.361. The number of anilines is 2. The first-order chi connectivity index (χ1) is 9.99. The van der Waals surface area contributed by atoms with Crippen molar-refractivity contribution in [2.45, 2.75) is 16.5 Å². The Kier molecular flexibility index (Phi) is 5.27. The van der Waals surface area contributed by atoms with Crippen LogP contribution >= 0.6 is 34.7 Å². The minimum Gasteiger partial charge on any atom is -0.495 e. The van der Waals surface area contributed by atoms with E-state index in [4.69, 9.17) is 22.1 Å². The van der Waals surface area contributed by atoms with Gasteiger partial charge in [-0.25, -0.2) is 0 Å². The number of amides is 1. The summed E-state index contributed by atoms with van der Waals surface area (Å²) in [6.45, 7) is 1.77. The first-order valence-corrected chi connectivity index (χ1v) is 7.97. The molecule has 0 saturated carbocycles. The highest BCUT2D eigenvalue weighted by Crippen LogP contribution is 2.31. The van der Waals surface area contributed by atoms with E-state index in [2.05, 4.69) is 15.5 Å². The topological polar surface area (TPSA) is 90.1 Å². The van der Waals surface area contributed by atoms with Crippen molar-refractivity contribution in [2.24, 2.45) is 0 Å². The van der Waals surface area contributed by atoms with Crippen LogP contribution in [0.25, 0.3) is 0 Å². The minimum absolute atomic E-state index is 0.186. The van der Waals surface area contributed by atoms with Gasteiger partial charge in [0.15, 0.2) is 4.34 Å². The fourth-order valence-corrected chi connectivity index (χ4v) is 3.44. The molecule has 0 aliphatic carbocycles. The van der Waals surface area contributed by atoms with Gasteiger partial charge >= 0.3 is 0 Å². The Morgan fingerprint density at radius 2 is 2.29 bits per heavy atom. The van der Waals surface area contributed by atoms with Crippen LogP contribution in [-0.2, 0) is 4.79 Å². The van der Waals surface area contributed by atoms with Gasteiger partial charge in [0, 0.05) is 5.02 Å². The highest BCUT2D eigenvalue weighted by Gasteiger charge is 2.18. The molecular weight excluding hydrogens is 332 g/mol. The number of hydrogen-bond acceptors (Lipinski definition) is 7. The second kappa shape index (κ2) is 6.97. The van der Waals surface area contributed by atoms with Gasteiger partial charge in [0.2, 0.25) is 11.0 Å². The summed E-state index contributed by atoms with van der Waals surface area (Å²) in [5.41, 5.74) is 6.04. The number of aromatic nitrogens is 2. The van der Waals surface area contributed by atoms with Crippen molar-refractivity contribution in [1.82, 2.24) is 10.2 Å². The maximum absolute atomic E-state index is 12.2. The molecule has 0 bridgehead atoms. The lowest BCUT2D eigenvalue weighted by Crippen LogP contribution is -2.22. The molecule has 3 N–H and O–H groups in total. The molecule has 1 heterocycles. The third kappa shape index (κ3) is 4.23. The van der Waals surface area contributed by atoms with E-state index >= 15 is 0 Å². The predicted octanol–water partition coefficient (Wildman–Crippen LogP) is 2.90. The Balaban J connectivity index is 2.05. The summed E-state index contributed by atoms with van der Waals surface area (Å²) in [6, 6.07) is 5.03. The molecule has 9 heteroatoms. The molecular formula is C12H13ClN4O2S2. The number of benzene rings is 1. The normalized spacial score (nSPS) is 12.0. The highest BCUT2D eigenvalue weighted by molar-refractivity contribution is 8.02. The Labute approximate surface area is 135 Å². The lowest BCUT2D eigenvalue weighted by molar-refractivity contribution is -0.115. The number of halogens is 1. The maximum atomic E-state index is 12.2. The van der Waals surface area contributed by atoms with Crippen LogP contribution in [0.1, 0.15) is 6.92 Å². The van der Waals surface area contributed by atoms with Gasteiger partial charge in [-0.3, -0.25) is 4.79 Å². The van der Waals surface area contributed by atoms with Gasteiger partial charge in [-0.1, -0.05) is 34.7 Å². The second-order valence-corrected chi connectivity index (χ2v) is 7.03. The smallest absolute Gasteiger partial charge is 0.237 e. The summed E-state index contributed by atoms with van der Waals surface area (Å²) < 4.78 is 5.83. The van der Waals surface area contributed by atoms with Crippen molar-refractivity contribution in [2.75, 3.05) is 18.2 Å². The summed E-state index contributed by atoms with van der Waals surface area (Å²) in [5, 5.41) is 10.9. The molecule has 0 spiro atoms. The highest BCUT2D eigenvalue weighted by atomic mass is 35.5. The second-order valence-electron chi connectivity index (χ2n) is 4.00. The summed E-state index contributed by atoms with van der Waals surface area (Å²) in [6.07, 6.45) is 0. The number of carbonyl (C=O) groups excluding carboxylic acids is 1. The van der Waals surface area contributed by atoms with E-state index in [1.54, 1.807) is 25.1 Å². The molecule has 1 amide bonds. The molecule has 1 aromatic carbocycles. The quantitative estimate of drug-likeness (QED) is 0.810. The molecule has 0 saturated heterocycles. The molecule has 0 aliphatic rings. The Bertz CT molecular complexity index is 650. The maximum Gasteiger partial charge on any atom is 0.237 e. The number of nitrogens with two attached hydrogens (primary N) is 1. The third-order valence-corrected chi connectivity index (χ3v) is 4.66. The van der Waals surface area contributed by atoms with Crippen LogP contribution in [0.15, 0.2) is 22.5 Å².